The number of anilines is 1. The van der Waals surface area contributed by atoms with E-state index in [1.807, 2.05) is 0 Å². The Labute approximate surface area is 117 Å². The number of carboxylic acids is 1. The van der Waals surface area contributed by atoms with Gasteiger partial charge in [0, 0.05) is 9.90 Å². The molecule has 2 rings (SSSR count). The van der Waals surface area contributed by atoms with Crippen LogP contribution >= 0.6 is 22.9 Å². The number of nitrogens with two attached hydrogens (primary N) is 1. The van der Waals surface area contributed by atoms with Gasteiger partial charge < -0.3 is 16.2 Å². The molecule has 0 bridgehead atoms. The molecule has 19 heavy (non-hydrogen) atoms. The van der Waals surface area contributed by atoms with Crippen LogP contribution in [-0.2, 0) is 0 Å². The summed E-state index contributed by atoms with van der Waals surface area (Å²) in [5.74, 6) is -1.12. The van der Waals surface area contributed by atoms with Crippen LogP contribution in [0.1, 0.15) is 9.67 Å². The Bertz CT molecular complexity index is 654. The standard InChI is InChI=1S/C12H9ClN2O3S/c13-7-3-1-2-6(4-7)9-5-8(15-12(14)18)10(19-9)11(16)17/h1-5H,(H,16,17)(H3,14,15,18). The largest absolute Gasteiger partial charge is 0.477 e. The van der Waals surface area contributed by atoms with Crippen molar-refractivity contribution in [3.63, 3.8) is 0 Å². The number of hydrogen-bond donors (Lipinski definition) is 3. The number of hydrogen-bond acceptors (Lipinski definition) is 3. The average molecular weight is 297 g/mol. The number of urea groups is 1. The second-order valence-corrected chi connectivity index (χ2v) is 5.15. The molecule has 4 N–H and O–H groups in total. The number of aromatic carboxylic acids is 1. The Kier molecular flexibility index (Phi) is 3.73. The van der Waals surface area contributed by atoms with Crippen LogP contribution in [0, 0.1) is 0 Å². The molecule has 2 aromatic rings. The van der Waals surface area contributed by atoms with Gasteiger partial charge in [-0.25, -0.2) is 9.59 Å². The van der Waals surface area contributed by atoms with Crippen molar-refractivity contribution in [2.24, 2.45) is 5.73 Å². The molecule has 0 spiro atoms. The topological polar surface area (TPSA) is 92.4 Å². The zero-order valence-corrected chi connectivity index (χ0v) is 11.1. The van der Waals surface area contributed by atoms with Gasteiger partial charge >= 0.3 is 12.0 Å². The minimum absolute atomic E-state index is 0.0220. The highest BCUT2D eigenvalue weighted by Crippen LogP contribution is 2.35. The zero-order chi connectivity index (χ0) is 14.0. The summed E-state index contributed by atoms with van der Waals surface area (Å²) in [7, 11) is 0. The second kappa shape index (κ2) is 5.29. The third-order valence-electron chi connectivity index (χ3n) is 2.29. The Hall–Kier alpha value is -2.05. The first-order valence-electron chi connectivity index (χ1n) is 5.17. The molecule has 7 heteroatoms. The summed E-state index contributed by atoms with van der Waals surface area (Å²) in [5.41, 5.74) is 5.96. The first-order chi connectivity index (χ1) is 8.97. The van der Waals surface area contributed by atoms with E-state index in [1.54, 1.807) is 30.3 Å². The van der Waals surface area contributed by atoms with Crippen molar-refractivity contribution in [2.45, 2.75) is 0 Å². The van der Waals surface area contributed by atoms with Crippen LogP contribution in [0.15, 0.2) is 30.3 Å². The lowest BCUT2D eigenvalue weighted by atomic mass is 10.2. The van der Waals surface area contributed by atoms with Crippen LogP contribution in [0.2, 0.25) is 5.02 Å². The van der Waals surface area contributed by atoms with Crippen LogP contribution in [0.5, 0.6) is 0 Å². The molecule has 1 heterocycles. The van der Waals surface area contributed by atoms with E-state index in [4.69, 9.17) is 22.4 Å². The van der Waals surface area contributed by atoms with Crippen LogP contribution in [0.4, 0.5) is 10.5 Å². The van der Waals surface area contributed by atoms with Crippen molar-refractivity contribution in [2.75, 3.05) is 5.32 Å². The van der Waals surface area contributed by atoms with E-state index in [1.165, 1.54) is 0 Å². The number of amides is 2. The minimum Gasteiger partial charge on any atom is -0.477 e. The number of primary amides is 1. The van der Waals surface area contributed by atoms with E-state index in [2.05, 4.69) is 5.32 Å². The monoisotopic (exact) mass is 296 g/mol. The summed E-state index contributed by atoms with van der Waals surface area (Å²) in [6, 6.07) is 7.76. The maximum absolute atomic E-state index is 11.1. The fraction of sp³-hybridized carbons (Fsp3) is 0. The Morgan fingerprint density at radius 2 is 2.05 bits per heavy atom. The van der Waals surface area contributed by atoms with Crippen molar-refractivity contribution >= 4 is 40.6 Å². The molecule has 0 aliphatic rings. The van der Waals surface area contributed by atoms with Crippen LogP contribution < -0.4 is 11.1 Å². The summed E-state index contributed by atoms with van der Waals surface area (Å²) in [5, 5.41) is 11.9. The number of rotatable bonds is 3. The highest BCUT2D eigenvalue weighted by Gasteiger charge is 2.17. The van der Waals surface area contributed by atoms with Gasteiger partial charge in [0.05, 0.1) is 5.69 Å². The van der Waals surface area contributed by atoms with Gasteiger partial charge in [0.1, 0.15) is 4.88 Å². The first kappa shape index (κ1) is 13.4. The fourth-order valence-electron chi connectivity index (χ4n) is 1.56. The maximum Gasteiger partial charge on any atom is 0.348 e. The second-order valence-electron chi connectivity index (χ2n) is 3.66. The van der Waals surface area contributed by atoms with E-state index < -0.39 is 12.0 Å². The lowest BCUT2D eigenvalue weighted by Gasteiger charge is -1.98. The molecule has 0 unspecified atom stereocenters. The van der Waals surface area contributed by atoms with Crippen molar-refractivity contribution in [1.29, 1.82) is 0 Å². The summed E-state index contributed by atoms with van der Waals surface area (Å²) in [6.45, 7) is 0. The SMILES string of the molecule is NC(=O)Nc1cc(-c2cccc(Cl)c2)sc1C(=O)O. The van der Waals surface area contributed by atoms with Gasteiger partial charge in [-0.3, -0.25) is 0 Å². The lowest BCUT2D eigenvalue weighted by molar-refractivity contribution is 0.0703. The molecule has 0 saturated heterocycles. The lowest BCUT2D eigenvalue weighted by Crippen LogP contribution is -2.20. The van der Waals surface area contributed by atoms with Gasteiger partial charge in [0.2, 0.25) is 0 Å². The number of thiophene rings is 1. The predicted octanol–water partition coefficient (Wildman–Crippen LogP) is 3.26. The Morgan fingerprint density at radius 3 is 2.63 bits per heavy atom. The summed E-state index contributed by atoms with van der Waals surface area (Å²) in [4.78, 5) is 22.7. The summed E-state index contributed by atoms with van der Waals surface area (Å²) in [6.07, 6.45) is 0. The number of carbonyl (C=O) groups is 2. The van der Waals surface area contributed by atoms with E-state index in [9.17, 15) is 9.59 Å². The maximum atomic E-state index is 11.1. The number of benzene rings is 1. The van der Waals surface area contributed by atoms with Crippen molar-refractivity contribution in [3.05, 3.63) is 40.2 Å². The highest BCUT2D eigenvalue weighted by atomic mass is 35.5. The number of carboxylic acid groups (broad SMARTS) is 1. The summed E-state index contributed by atoms with van der Waals surface area (Å²) < 4.78 is 0. The molecular weight excluding hydrogens is 288 g/mol. The molecule has 0 aliphatic carbocycles. The molecule has 1 aromatic heterocycles. The van der Waals surface area contributed by atoms with Gasteiger partial charge in [-0.15, -0.1) is 11.3 Å². The fourth-order valence-corrected chi connectivity index (χ4v) is 2.70. The van der Waals surface area contributed by atoms with Gasteiger partial charge in [-0.2, -0.15) is 0 Å². The summed E-state index contributed by atoms with van der Waals surface area (Å²) >= 11 is 6.93. The molecule has 5 nitrogen and oxygen atoms in total. The first-order valence-corrected chi connectivity index (χ1v) is 6.36. The zero-order valence-electron chi connectivity index (χ0n) is 9.51. The van der Waals surface area contributed by atoms with Gasteiger partial charge in [-0.1, -0.05) is 23.7 Å². The molecule has 0 fully saturated rings. The highest BCUT2D eigenvalue weighted by molar-refractivity contribution is 7.18. The van der Waals surface area contributed by atoms with Crippen molar-refractivity contribution in [3.8, 4) is 10.4 Å². The van der Waals surface area contributed by atoms with Crippen LogP contribution in [0.25, 0.3) is 10.4 Å². The van der Waals surface area contributed by atoms with E-state index in [0.29, 0.717) is 9.90 Å². The van der Waals surface area contributed by atoms with Gasteiger partial charge in [0.25, 0.3) is 0 Å². The Morgan fingerprint density at radius 1 is 1.32 bits per heavy atom. The molecule has 1 aromatic carbocycles. The van der Waals surface area contributed by atoms with Gasteiger partial charge in [-0.05, 0) is 23.8 Å². The van der Waals surface area contributed by atoms with Crippen LogP contribution in [0.3, 0.4) is 0 Å². The average Bonchev–Trinajstić information content (AvgIpc) is 2.72. The van der Waals surface area contributed by atoms with E-state index >= 15 is 0 Å². The molecule has 0 saturated carbocycles. The van der Waals surface area contributed by atoms with E-state index in [0.717, 1.165) is 16.9 Å². The molecular formula is C12H9ClN2O3S. The smallest absolute Gasteiger partial charge is 0.348 e. The van der Waals surface area contributed by atoms with Crippen LogP contribution in [-0.4, -0.2) is 17.1 Å². The van der Waals surface area contributed by atoms with E-state index in [-0.39, 0.29) is 10.6 Å². The van der Waals surface area contributed by atoms with Crippen molar-refractivity contribution < 1.29 is 14.7 Å². The Balaban J connectivity index is 2.48. The third kappa shape index (κ3) is 3.04. The third-order valence-corrected chi connectivity index (χ3v) is 3.70. The molecule has 2 amide bonds. The number of nitrogens with one attached hydrogen (secondary N) is 1. The normalized spacial score (nSPS) is 10.2. The van der Waals surface area contributed by atoms with Crippen molar-refractivity contribution in [1.82, 2.24) is 0 Å². The molecule has 0 aliphatic heterocycles. The number of carbonyl (C=O) groups excluding carboxylic acids is 1. The van der Waals surface area contributed by atoms with Gasteiger partial charge in [0.15, 0.2) is 0 Å². The molecule has 98 valence electrons. The molecule has 0 radical (unpaired) electrons. The quantitative estimate of drug-likeness (QED) is 0.811. The molecule has 0 atom stereocenters. The number of halogens is 1. The minimum atomic E-state index is -1.12. The predicted molar refractivity (Wildman–Crippen MR) is 74.9 cm³/mol.